The number of carboxylic acids is 1. The molecule has 0 radical (unpaired) electrons. The zero-order valence-electron chi connectivity index (χ0n) is 10.6. The Morgan fingerprint density at radius 2 is 2.28 bits per heavy atom. The van der Waals surface area contributed by atoms with Crippen LogP contribution in [0.5, 0.6) is 0 Å². The average Bonchev–Trinajstić information content (AvgIpc) is 2.29. The second kappa shape index (κ2) is 7.08. The lowest BCUT2D eigenvalue weighted by atomic mass is 10.1. The van der Waals surface area contributed by atoms with Crippen molar-refractivity contribution in [2.45, 2.75) is 26.5 Å². The van der Waals surface area contributed by atoms with Gasteiger partial charge in [-0.15, -0.1) is 0 Å². The molecule has 1 rings (SSSR count). The van der Waals surface area contributed by atoms with Crippen molar-refractivity contribution in [2.24, 2.45) is 0 Å². The Labute approximate surface area is 106 Å². The minimum Gasteiger partial charge on any atom is -0.478 e. The molecule has 2 N–H and O–H groups in total. The number of hydrogen-bond donors (Lipinski definition) is 2. The van der Waals surface area contributed by atoms with Crippen LogP contribution in [0.1, 0.15) is 29.8 Å². The van der Waals surface area contributed by atoms with Crippen molar-refractivity contribution < 1.29 is 19.0 Å². The third kappa shape index (κ3) is 4.43. The van der Waals surface area contributed by atoms with E-state index in [1.807, 2.05) is 13.8 Å². The molecule has 0 saturated heterocycles. The van der Waals surface area contributed by atoms with Crippen molar-refractivity contribution in [3.05, 3.63) is 35.1 Å². The molecular weight excluding hydrogens is 237 g/mol. The van der Waals surface area contributed by atoms with Gasteiger partial charge in [-0.1, -0.05) is 6.07 Å². The van der Waals surface area contributed by atoms with E-state index < -0.39 is 11.8 Å². The van der Waals surface area contributed by atoms with Crippen LogP contribution in [-0.4, -0.2) is 30.3 Å². The molecule has 0 spiro atoms. The third-order valence-corrected chi connectivity index (χ3v) is 2.48. The van der Waals surface area contributed by atoms with Gasteiger partial charge >= 0.3 is 5.97 Å². The summed E-state index contributed by atoms with van der Waals surface area (Å²) in [6.07, 6.45) is 0.0955. The molecule has 0 heterocycles. The number of rotatable bonds is 7. The van der Waals surface area contributed by atoms with E-state index in [2.05, 4.69) is 5.32 Å². The standard InChI is InChI=1S/C13H18FNO3/c1-3-18-9(2)7-15-8-10-4-5-11(13(16)17)12(14)6-10/h4-6,9,15H,3,7-8H2,1-2H3,(H,16,17). The van der Waals surface area contributed by atoms with Gasteiger partial charge in [0.05, 0.1) is 11.7 Å². The Morgan fingerprint density at radius 3 is 2.83 bits per heavy atom. The monoisotopic (exact) mass is 255 g/mol. The highest BCUT2D eigenvalue weighted by Gasteiger charge is 2.10. The summed E-state index contributed by atoms with van der Waals surface area (Å²) in [5.41, 5.74) is 0.405. The van der Waals surface area contributed by atoms with Gasteiger partial charge in [0.2, 0.25) is 0 Å². The topological polar surface area (TPSA) is 58.6 Å². The first kappa shape index (κ1) is 14.6. The Bertz CT molecular complexity index is 409. The maximum Gasteiger partial charge on any atom is 0.338 e. The van der Waals surface area contributed by atoms with Crippen LogP contribution in [0, 0.1) is 5.82 Å². The second-order valence-electron chi connectivity index (χ2n) is 4.02. The number of halogens is 1. The van der Waals surface area contributed by atoms with Crippen LogP contribution in [0.15, 0.2) is 18.2 Å². The lowest BCUT2D eigenvalue weighted by molar-refractivity contribution is 0.0692. The van der Waals surface area contributed by atoms with Gasteiger partial charge in [-0.3, -0.25) is 0 Å². The quantitative estimate of drug-likeness (QED) is 0.782. The Balaban J connectivity index is 2.49. The number of hydrogen-bond acceptors (Lipinski definition) is 3. The van der Waals surface area contributed by atoms with Gasteiger partial charge in [-0.25, -0.2) is 9.18 Å². The molecule has 0 aliphatic heterocycles. The summed E-state index contributed by atoms with van der Waals surface area (Å²) < 4.78 is 18.7. The summed E-state index contributed by atoms with van der Waals surface area (Å²) in [6.45, 7) is 5.68. The normalized spacial score (nSPS) is 12.4. The maximum atomic E-state index is 13.4. The van der Waals surface area contributed by atoms with E-state index in [1.165, 1.54) is 12.1 Å². The molecule has 5 heteroatoms. The van der Waals surface area contributed by atoms with Crippen molar-refractivity contribution in [3.8, 4) is 0 Å². The highest BCUT2D eigenvalue weighted by Crippen LogP contribution is 2.10. The summed E-state index contributed by atoms with van der Waals surface area (Å²) >= 11 is 0. The van der Waals surface area contributed by atoms with Crippen molar-refractivity contribution in [1.29, 1.82) is 0 Å². The molecule has 4 nitrogen and oxygen atoms in total. The molecule has 0 fully saturated rings. The number of nitrogens with one attached hydrogen (secondary N) is 1. The first-order valence-corrected chi connectivity index (χ1v) is 5.88. The zero-order valence-corrected chi connectivity index (χ0v) is 10.6. The number of aromatic carboxylic acids is 1. The summed E-state index contributed by atoms with van der Waals surface area (Å²) in [6, 6.07) is 4.12. The molecule has 0 aromatic heterocycles. The maximum absolute atomic E-state index is 13.4. The number of ether oxygens (including phenoxy) is 1. The van der Waals surface area contributed by atoms with Gasteiger partial charge < -0.3 is 15.2 Å². The van der Waals surface area contributed by atoms with Gasteiger partial charge in [0.1, 0.15) is 5.82 Å². The van der Waals surface area contributed by atoms with Crippen molar-refractivity contribution >= 4 is 5.97 Å². The fourth-order valence-electron chi connectivity index (χ4n) is 1.61. The summed E-state index contributed by atoms with van der Waals surface area (Å²) in [5.74, 6) is -1.96. The van der Waals surface area contributed by atoms with Gasteiger partial charge in [-0.2, -0.15) is 0 Å². The molecule has 18 heavy (non-hydrogen) atoms. The Morgan fingerprint density at radius 1 is 1.56 bits per heavy atom. The van der Waals surface area contributed by atoms with Gasteiger partial charge in [-0.05, 0) is 31.5 Å². The van der Waals surface area contributed by atoms with E-state index in [1.54, 1.807) is 6.07 Å². The van der Waals surface area contributed by atoms with Crippen molar-refractivity contribution in [2.75, 3.05) is 13.2 Å². The fourth-order valence-corrected chi connectivity index (χ4v) is 1.61. The molecule has 0 amide bonds. The molecule has 0 saturated carbocycles. The molecule has 1 unspecified atom stereocenters. The van der Waals surface area contributed by atoms with E-state index in [0.717, 1.165) is 0 Å². The van der Waals surface area contributed by atoms with Crippen LogP contribution in [-0.2, 0) is 11.3 Å². The molecular formula is C13H18FNO3. The lowest BCUT2D eigenvalue weighted by Crippen LogP contribution is -2.26. The van der Waals surface area contributed by atoms with Crippen LogP contribution in [0.25, 0.3) is 0 Å². The summed E-state index contributed by atoms with van der Waals surface area (Å²) in [5, 5.41) is 11.8. The van der Waals surface area contributed by atoms with Crippen LogP contribution in [0.4, 0.5) is 4.39 Å². The summed E-state index contributed by atoms with van der Waals surface area (Å²) in [4.78, 5) is 10.6. The molecule has 1 aromatic carbocycles. The molecule has 1 aromatic rings. The van der Waals surface area contributed by atoms with E-state index in [-0.39, 0.29) is 11.7 Å². The van der Waals surface area contributed by atoms with Crippen LogP contribution in [0.3, 0.4) is 0 Å². The van der Waals surface area contributed by atoms with Crippen molar-refractivity contribution in [1.82, 2.24) is 5.32 Å². The van der Waals surface area contributed by atoms with Crippen LogP contribution < -0.4 is 5.32 Å². The summed E-state index contributed by atoms with van der Waals surface area (Å²) in [7, 11) is 0. The molecule has 1 atom stereocenters. The molecule has 0 aliphatic rings. The van der Waals surface area contributed by atoms with Crippen LogP contribution >= 0.6 is 0 Å². The number of carbonyl (C=O) groups is 1. The predicted octanol–water partition coefficient (Wildman–Crippen LogP) is 2.04. The molecule has 0 bridgehead atoms. The molecule has 100 valence electrons. The van der Waals surface area contributed by atoms with Crippen LogP contribution in [0.2, 0.25) is 0 Å². The average molecular weight is 255 g/mol. The van der Waals surface area contributed by atoms with Gasteiger partial charge in [0.15, 0.2) is 0 Å². The highest BCUT2D eigenvalue weighted by molar-refractivity contribution is 5.87. The second-order valence-corrected chi connectivity index (χ2v) is 4.02. The lowest BCUT2D eigenvalue weighted by Gasteiger charge is -2.12. The SMILES string of the molecule is CCOC(C)CNCc1ccc(C(=O)O)c(F)c1. The number of carboxylic acid groups (broad SMARTS) is 1. The van der Waals surface area contributed by atoms with E-state index in [9.17, 15) is 9.18 Å². The largest absolute Gasteiger partial charge is 0.478 e. The van der Waals surface area contributed by atoms with Gasteiger partial charge in [0, 0.05) is 19.7 Å². The van der Waals surface area contributed by atoms with E-state index >= 15 is 0 Å². The fraction of sp³-hybridized carbons (Fsp3) is 0.462. The predicted molar refractivity (Wildman–Crippen MR) is 66.2 cm³/mol. The smallest absolute Gasteiger partial charge is 0.338 e. The van der Waals surface area contributed by atoms with Crippen molar-refractivity contribution in [3.63, 3.8) is 0 Å². The first-order valence-electron chi connectivity index (χ1n) is 5.88. The van der Waals surface area contributed by atoms with Gasteiger partial charge in [0.25, 0.3) is 0 Å². The number of benzene rings is 1. The first-order chi connectivity index (χ1) is 8.54. The third-order valence-electron chi connectivity index (χ3n) is 2.48. The van der Waals surface area contributed by atoms with E-state index in [0.29, 0.717) is 25.3 Å². The van der Waals surface area contributed by atoms with E-state index in [4.69, 9.17) is 9.84 Å². The Kier molecular flexibility index (Phi) is 5.74. The Hall–Kier alpha value is -1.46. The highest BCUT2D eigenvalue weighted by atomic mass is 19.1. The minimum absolute atomic E-state index is 0.0955. The minimum atomic E-state index is -1.25. The zero-order chi connectivity index (χ0) is 13.5. The molecule has 0 aliphatic carbocycles.